The fraction of sp³-hybridized carbons (Fsp3) is 0.750. The molecular formula is C8H17N3OS. The fourth-order valence-electron chi connectivity index (χ4n) is 0.836. The molecule has 0 radical (unpaired) electrons. The van der Waals surface area contributed by atoms with Gasteiger partial charge in [0, 0.05) is 6.04 Å². The van der Waals surface area contributed by atoms with Crippen LogP contribution in [0.1, 0.15) is 27.2 Å². The first kappa shape index (κ1) is 12.2. The number of carbonyl (C=O) groups excluding carboxylic acids is 1. The zero-order chi connectivity index (χ0) is 10.4. The summed E-state index contributed by atoms with van der Waals surface area (Å²) < 4.78 is 0. The van der Waals surface area contributed by atoms with Crippen molar-refractivity contribution in [3.05, 3.63) is 0 Å². The molecule has 4 nitrogen and oxygen atoms in total. The number of thiocarbonyl (C=S) groups is 1. The summed E-state index contributed by atoms with van der Waals surface area (Å²) in [6, 6.07) is -0.327. The molecule has 0 fully saturated rings. The Labute approximate surface area is 84.3 Å². The van der Waals surface area contributed by atoms with E-state index in [0.29, 0.717) is 11.4 Å². The van der Waals surface area contributed by atoms with Gasteiger partial charge in [0.2, 0.25) is 0 Å². The van der Waals surface area contributed by atoms with Crippen LogP contribution < -0.4 is 16.4 Å². The Morgan fingerprint density at radius 2 is 2.00 bits per heavy atom. The minimum absolute atomic E-state index is 0.115. The number of nitrogens with two attached hydrogens (primary N) is 1. The molecule has 13 heavy (non-hydrogen) atoms. The van der Waals surface area contributed by atoms with Crippen molar-refractivity contribution < 1.29 is 4.79 Å². The van der Waals surface area contributed by atoms with E-state index < -0.39 is 0 Å². The van der Waals surface area contributed by atoms with Crippen LogP contribution in [0.25, 0.3) is 0 Å². The van der Waals surface area contributed by atoms with Gasteiger partial charge in [0.05, 0.1) is 11.0 Å². The lowest BCUT2D eigenvalue weighted by Gasteiger charge is -2.17. The van der Waals surface area contributed by atoms with Crippen LogP contribution in [0.2, 0.25) is 0 Å². The van der Waals surface area contributed by atoms with Crippen LogP contribution in [0.4, 0.5) is 4.79 Å². The van der Waals surface area contributed by atoms with Gasteiger partial charge >= 0.3 is 6.03 Å². The molecule has 1 unspecified atom stereocenters. The van der Waals surface area contributed by atoms with E-state index >= 15 is 0 Å². The predicted molar refractivity (Wildman–Crippen MR) is 57.7 cm³/mol. The van der Waals surface area contributed by atoms with Crippen LogP contribution in [0.5, 0.6) is 0 Å². The van der Waals surface area contributed by atoms with E-state index in [0.717, 1.165) is 0 Å². The van der Waals surface area contributed by atoms with Crippen molar-refractivity contribution in [3.63, 3.8) is 0 Å². The molecule has 4 N–H and O–H groups in total. The Hall–Kier alpha value is -0.840. The van der Waals surface area contributed by atoms with Gasteiger partial charge in [-0.2, -0.15) is 0 Å². The average molecular weight is 203 g/mol. The van der Waals surface area contributed by atoms with E-state index in [9.17, 15) is 4.79 Å². The number of rotatable bonds is 4. The van der Waals surface area contributed by atoms with Crippen LogP contribution >= 0.6 is 12.2 Å². The van der Waals surface area contributed by atoms with Crippen molar-refractivity contribution in [2.75, 3.05) is 0 Å². The van der Waals surface area contributed by atoms with Crippen molar-refractivity contribution in [2.45, 2.75) is 39.3 Å². The molecule has 0 aliphatic rings. The number of urea groups is 1. The summed E-state index contributed by atoms with van der Waals surface area (Å²) in [5, 5.41) is 5.38. The molecule has 0 saturated carbocycles. The molecule has 0 spiro atoms. The predicted octanol–water partition coefficient (Wildman–Crippen LogP) is 0.759. The molecule has 5 heteroatoms. The van der Waals surface area contributed by atoms with E-state index in [1.165, 1.54) is 0 Å². The fourth-order valence-corrected chi connectivity index (χ4v) is 1.06. The summed E-state index contributed by atoms with van der Waals surface area (Å²) in [6.07, 6.45) is 0.709. The van der Waals surface area contributed by atoms with E-state index in [2.05, 4.69) is 10.6 Å². The Morgan fingerprint density at radius 3 is 2.31 bits per heavy atom. The number of carbonyl (C=O) groups is 1. The zero-order valence-corrected chi connectivity index (χ0v) is 9.07. The van der Waals surface area contributed by atoms with Gasteiger partial charge in [0.1, 0.15) is 0 Å². The van der Waals surface area contributed by atoms with Crippen LogP contribution in [0.15, 0.2) is 0 Å². The van der Waals surface area contributed by atoms with Gasteiger partial charge < -0.3 is 16.4 Å². The molecule has 76 valence electrons. The molecule has 0 rings (SSSR count). The minimum Gasteiger partial charge on any atom is -0.392 e. The maximum Gasteiger partial charge on any atom is 0.315 e. The van der Waals surface area contributed by atoms with E-state index in [4.69, 9.17) is 18.0 Å². The molecule has 0 aromatic heterocycles. The van der Waals surface area contributed by atoms with Crippen LogP contribution in [0.3, 0.4) is 0 Å². The molecule has 0 bridgehead atoms. The second-order valence-electron chi connectivity index (χ2n) is 3.14. The summed E-state index contributed by atoms with van der Waals surface area (Å²) in [7, 11) is 0. The highest BCUT2D eigenvalue weighted by atomic mass is 32.1. The molecule has 0 aromatic rings. The first-order valence-electron chi connectivity index (χ1n) is 4.33. The quantitative estimate of drug-likeness (QED) is 0.591. The topological polar surface area (TPSA) is 67.2 Å². The van der Waals surface area contributed by atoms with Crippen LogP contribution in [0, 0.1) is 0 Å². The number of nitrogens with one attached hydrogen (secondary N) is 2. The number of hydrogen-bond acceptors (Lipinski definition) is 2. The summed E-state index contributed by atoms with van der Waals surface area (Å²) in [5.74, 6) is 0. The van der Waals surface area contributed by atoms with Gasteiger partial charge in [-0.3, -0.25) is 0 Å². The average Bonchev–Trinajstić information content (AvgIpc) is 1.98. The molecule has 2 amide bonds. The van der Waals surface area contributed by atoms with E-state index in [1.807, 2.05) is 20.8 Å². The maximum atomic E-state index is 11.2. The summed E-state index contributed by atoms with van der Waals surface area (Å²) in [6.45, 7) is 5.70. The van der Waals surface area contributed by atoms with Gasteiger partial charge in [-0.15, -0.1) is 0 Å². The molecule has 0 heterocycles. The standard InChI is InChI=1S/C8H17N3OS/c1-4-6(7(9)13)11-8(12)10-5(2)3/h5-6H,4H2,1-3H3,(H2,9,13)(H2,10,11,12). The minimum atomic E-state index is -0.227. The van der Waals surface area contributed by atoms with Crippen LogP contribution in [-0.4, -0.2) is 23.1 Å². The highest BCUT2D eigenvalue weighted by molar-refractivity contribution is 7.80. The molecule has 0 aliphatic carbocycles. The molecule has 0 aromatic carbocycles. The normalized spacial score (nSPS) is 12.3. The first-order valence-corrected chi connectivity index (χ1v) is 4.74. The maximum absolute atomic E-state index is 11.2. The Balaban J connectivity index is 3.94. The van der Waals surface area contributed by atoms with Crippen molar-refractivity contribution in [3.8, 4) is 0 Å². The lowest BCUT2D eigenvalue weighted by atomic mass is 10.2. The lowest BCUT2D eigenvalue weighted by molar-refractivity contribution is 0.237. The third-order valence-corrected chi connectivity index (χ3v) is 1.76. The SMILES string of the molecule is CCC(NC(=O)NC(C)C)C(N)=S. The van der Waals surface area contributed by atoms with Gasteiger partial charge in [-0.05, 0) is 20.3 Å². The molecule has 1 atom stereocenters. The van der Waals surface area contributed by atoms with Crippen molar-refractivity contribution in [2.24, 2.45) is 5.73 Å². The Bertz CT molecular complexity index is 194. The van der Waals surface area contributed by atoms with Gasteiger partial charge in [0.25, 0.3) is 0 Å². The van der Waals surface area contributed by atoms with Gasteiger partial charge in [-0.1, -0.05) is 19.1 Å². The zero-order valence-electron chi connectivity index (χ0n) is 8.26. The molecular weight excluding hydrogens is 186 g/mol. The smallest absolute Gasteiger partial charge is 0.315 e. The van der Waals surface area contributed by atoms with Crippen molar-refractivity contribution in [1.29, 1.82) is 0 Å². The summed E-state index contributed by atoms with van der Waals surface area (Å²) in [5.41, 5.74) is 5.42. The molecule has 0 aliphatic heterocycles. The van der Waals surface area contributed by atoms with Crippen molar-refractivity contribution in [1.82, 2.24) is 10.6 Å². The first-order chi connectivity index (χ1) is 5.97. The number of hydrogen-bond donors (Lipinski definition) is 3. The van der Waals surface area contributed by atoms with Crippen molar-refractivity contribution >= 4 is 23.2 Å². The molecule has 0 saturated heterocycles. The van der Waals surface area contributed by atoms with E-state index in [1.54, 1.807) is 0 Å². The summed E-state index contributed by atoms with van der Waals surface area (Å²) in [4.78, 5) is 11.5. The Kier molecular flexibility index (Phi) is 5.37. The van der Waals surface area contributed by atoms with E-state index in [-0.39, 0.29) is 18.1 Å². The largest absolute Gasteiger partial charge is 0.392 e. The monoisotopic (exact) mass is 203 g/mol. The van der Waals surface area contributed by atoms with Gasteiger partial charge in [-0.25, -0.2) is 4.79 Å². The lowest BCUT2D eigenvalue weighted by Crippen LogP contribution is -2.49. The summed E-state index contributed by atoms with van der Waals surface area (Å²) >= 11 is 4.78. The highest BCUT2D eigenvalue weighted by Crippen LogP contribution is 1.91. The highest BCUT2D eigenvalue weighted by Gasteiger charge is 2.12. The van der Waals surface area contributed by atoms with Crippen LogP contribution in [-0.2, 0) is 0 Å². The van der Waals surface area contributed by atoms with Gasteiger partial charge in [0.15, 0.2) is 0 Å². The second-order valence-corrected chi connectivity index (χ2v) is 3.61. The third kappa shape index (κ3) is 5.41. The second kappa shape index (κ2) is 5.75. The number of amides is 2. The Morgan fingerprint density at radius 1 is 1.46 bits per heavy atom. The third-order valence-electron chi connectivity index (χ3n) is 1.48.